The highest BCUT2D eigenvalue weighted by molar-refractivity contribution is 7.89. The zero-order valence-corrected chi connectivity index (χ0v) is 14.9. The molecule has 10 heteroatoms. The van der Waals surface area contributed by atoms with Crippen LogP contribution in [0.1, 0.15) is 15.9 Å². The van der Waals surface area contributed by atoms with Gasteiger partial charge in [-0.25, -0.2) is 13.1 Å². The highest BCUT2D eigenvalue weighted by Crippen LogP contribution is 2.21. The van der Waals surface area contributed by atoms with Crippen LogP contribution < -0.4 is 10.0 Å². The zero-order chi connectivity index (χ0) is 18.7. The van der Waals surface area contributed by atoms with E-state index in [2.05, 4.69) is 25.6 Å². The van der Waals surface area contributed by atoms with Crippen LogP contribution in [0.2, 0.25) is 0 Å². The van der Waals surface area contributed by atoms with Crippen LogP contribution in [-0.2, 0) is 10.0 Å². The first kappa shape index (κ1) is 17.7. The average Bonchev–Trinajstić information content (AvgIpc) is 3.17. The molecule has 0 aliphatic rings. The van der Waals surface area contributed by atoms with Crippen molar-refractivity contribution in [2.45, 2.75) is 11.8 Å². The quantitative estimate of drug-likeness (QED) is 0.693. The maximum absolute atomic E-state index is 12.7. The number of aromatic nitrogens is 4. The number of benzene rings is 2. The van der Waals surface area contributed by atoms with E-state index in [9.17, 15) is 13.2 Å². The number of aryl methyl sites for hydroxylation is 1. The Kier molecular flexibility index (Phi) is 4.78. The number of anilines is 1. The second kappa shape index (κ2) is 7.02. The first-order valence-corrected chi connectivity index (χ1v) is 9.08. The monoisotopic (exact) mass is 372 g/mol. The summed E-state index contributed by atoms with van der Waals surface area (Å²) in [6.45, 7) is 1.68. The molecule has 3 aromatic rings. The van der Waals surface area contributed by atoms with E-state index in [1.165, 1.54) is 24.1 Å². The molecule has 0 aliphatic heterocycles. The Hall–Kier alpha value is -3.11. The number of hydrogen-bond acceptors (Lipinski definition) is 6. The molecule has 9 nitrogen and oxygen atoms in total. The summed E-state index contributed by atoms with van der Waals surface area (Å²) in [7, 11) is -2.29. The average molecular weight is 372 g/mol. The standard InChI is InChI=1S/C16H16N6O3S/c1-11-7-8-12(9-15(11)26(24,25)17-2)19-16(23)13-5-3-4-6-14(13)22-10-18-20-21-22/h3-10,17H,1-2H3,(H,19,23). The van der Waals surface area contributed by atoms with Crippen molar-refractivity contribution in [3.05, 3.63) is 59.9 Å². The fourth-order valence-electron chi connectivity index (χ4n) is 2.41. The molecule has 1 aromatic heterocycles. The number of para-hydroxylation sites is 1. The molecule has 3 rings (SSSR count). The maximum atomic E-state index is 12.7. The molecule has 0 fully saturated rings. The summed E-state index contributed by atoms with van der Waals surface area (Å²) in [5.74, 6) is -0.409. The Bertz CT molecular complexity index is 1050. The van der Waals surface area contributed by atoms with E-state index in [1.54, 1.807) is 43.3 Å². The van der Waals surface area contributed by atoms with Crippen molar-refractivity contribution < 1.29 is 13.2 Å². The third kappa shape index (κ3) is 3.46. The Morgan fingerprint density at radius 1 is 1.15 bits per heavy atom. The van der Waals surface area contributed by atoms with Crippen molar-refractivity contribution in [3.8, 4) is 5.69 Å². The SMILES string of the molecule is CNS(=O)(=O)c1cc(NC(=O)c2ccccc2-n2cnnn2)ccc1C. The van der Waals surface area contributed by atoms with Crippen molar-refractivity contribution in [2.75, 3.05) is 12.4 Å². The summed E-state index contributed by atoms with van der Waals surface area (Å²) in [6, 6.07) is 11.5. The van der Waals surface area contributed by atoms with Crippen molar-refractivity contribution in [1.29, 1.82) is 0 Å². The lowest BCUT2D eigenvalue weighted by molar-refractivity contribution is 0.102. The first-order chi connectivity index (χ1) is 12.4. The lowest BCUT2D eigenvalue weighted by Crippen LogP contribution is -2.20. The van der Waals surface area contributed by atoms with E-state index in [4.69, 9.17) is 0 Å². The predicted molar refractivity (Wildman–Crippen MR) is 94.5 cm³/mol. The minimum Gasteiger partial charge on any atom is -0.322 e. The number of nitrogens with zero attached hydrogens (tertiary/aromatic N) is 4. The second-order valence-corrected chi connectivity index (χ2v) is 7.27. The van der Waals surface area contributed by atoms with Crippen LogP contribution in [0.3, 0.4) is 0 Å². The van der Waals surface area contributed by atoms with Crippen molar-refractivity contribution in [3.63, 3.8) is 0 Å². The molecule has 0 aliphatic carbocycles. The van der Waals surface area contributed by atoms with Gasteiger partial charge in [-0.2, -0.15) is 4.68 Å². The van der Waals surface area contributed by atoms with Crippen molar-refractivity contribution in [1.82, 2.24) is 24.9 Å². The number of amides is 1. The molecule has 0 bridgehead atoms. The fraction of sp³-hybridized carbons (Fsp3) is 0.125. The van der Waals surface area contributed by atoms with E-state index in [-0.39, 0.29) is 4.90 Å². The topological polar surface area (TPSA) is 119 Å². The number of carbonyl (C=O) groups excluding carboxylic acids is 1. The fourth-order valence-corrected chi connectivity index (χ4v) is 3.41. The predicted octanol–water partition coefficient (Wildman–Crippen LogP) is 1.13. The Morgan fingerprint density at radius 3 is 2.62 bits per heavy atom. The second-order valence-electron chi connectivity index (χ2n) is 5.41. The molecule has 0 atom stereocenters. The molecule has 0 spiro atoms. The lowest BCUT2D eigenvalue weighted by Gasteiger charge is -2.12. The molecule has 1 heterocycles. The van der Waals surface area contributed by atoms with Gasteiger partial charge in [-0.05, 0) is 54.2 Å². The summed E-state index contributed by atoms with van der Waals surface area (Å²) < 4.78 is 27.8. The highest BCUT2D eigenvalue weighted by atomic mass is 32.2. The van der Waals surface area contributed by atoms with Gasteiger partial charge in [0.05, 0.1) is 16.1 Å². The van der Waals surface area contributed by atoms with Gasteiger partial charge in [-0.1, -0.05) is 18.2 Å². The number of nitrogens with one attached hydrogen (secondary N) is 2. The summed E-state index contributed by atoms with van der Waals surface area (Å²) >= 11 is 0. The van der Waals surface area contributed by atoms with Crippen molar-refractivity contribution in [2.24, 2.45) is 0 Å². The molecule has 0 unspecified atom stereocenters. The maximum Gasteiger partial charge on any atom is 0.257 e. The van der Waals surface area contributed by atoms with Crippen LogP contribution in [0.25, 0.3) is 5.69 Å². The molecule has 1 amide bonds. The molecule has 0 saturated carbocycles. The number of rotatable bonds is 5. The molecule has 26 heavy (non-hydrogen) atoms. The number of sulfonamides is 1. The number of hydrogen-bond donors (Lipinski definition) is 2. The van der Waals surface area contributed by atoms with Crippen LogP contribution in [0.15, 0.2) is 53.7 Å². The van der Waals surface area contributed by atoms with Gasteiger partial charge in [0.2, 0.25) is 10.0 Å². The van der Waals surface area contributed by atoms with Gasteiger partial charge in [0.1, 0.15) is 6.33 Å². The van der Waals surface area contributed by atoms with Gasteiger partial charge in [0.15, 0.2) is 0 Å². The van der Waals surface area contributed by atoms with Gasteiger partial charge in [-0.15, -0.1) is 5.10 Å². The Balaban J connectivity index is 1.94. The zero-order valence-electron chi connectivity index (χ0n) is 14.0. The van der Waals surface area contributed by atoms with E-state index in [0.717, 1.165) is 0 Å². The largest absolute Gasteiger partial charge is 0.322 e. The first-order valence-electron chi connectivity index (χ1n) is 7.60. The van der Waals surface area contributed by atoms with Crippen LogP contribution in [-0.4, -0.2) is 41.6 Å². The molecule has 2 aromatic carbocycles. The molecule has 0 saturated heterocycles. The summed E-state index contributed by atoms with van der Waals surface area (Å²) in [5, 5.41) is 13.6. The van der Waals surface area contributed by atoms with Gasteiger partial charge in [0, 0.05) is 5.69 Å². The van der Waals surface area contributed by atoms with Crippen molar-refractivity contribution >= 4 is 21.6 Å². The van der Waals surface area contributed by atoms with Gasteiger partial charge < -0.3 is 5.32 Å². The Labute approximate surface area is 150 Å². The van der Waals surface area contributed by atoms with Crippen LogP contribution in [0.4, 0.5) is 5.69 Å². The highest BCUT2D eigenvalue weighted by Gasteiger charge is 2.17. The number of tetrazole rings is 1. The molecular weight excluding hydrogens is 356 g/mol. The summed E-state index contributed by atoms with van der Waals surface area (Å²) in [5.41, 5.74) is 1.79. The minimum atomic E-state index is -3.63. The molecule has 0 radical (unpaired) electrons. The van der Waals surface area contributed by atoms with Gasteiger partial charge in [-0.3, -0.25) is 4.79 Å². The third-order valence-corrected chi connectivity index (χ3v) is 5.31. The minimum absolute atomic E-state index is 0.103. The summed E-state index contributed by atoms with van der Waals surface area (Å²) in [6.07, 6.45) is 1.38. The van der Waals surface area contributed by atoms with Crippen LogP contribution >= 0.6 is 0 Å². The summed E-state index contributed by atoms with van der Waals surface area (Å²) in [4.78, 5) is 12.8. The van der Waals surface area contributed by atoms with Gasteiger partial charge >= 0.3 is 0 Å². The van der Waals surface area contributed by atoms with Gasteiger partial charge in [0.25, 0.3) is 5.91 Å². The van der Waals surface area contributed by atoms with Crippen LogP contribution in [0, 0.1) is 6.92 Å². The van der Waals surface area contributed by atoms with Crippen LogP contribution in [0.5, 0.6) is 0 Å². The van der Waals surface area contributed by atoms with E-state index < -0.39 is 15.9 Å². The smallest absolute Gasteiger partial charge is 0.257 e. The normalized spacial score (nSPS) is 11.3. The molecule has 2 N–H and O–H groups in total. The number of carbonyl (C=O) groups is 1. The third-order valence-electron chi connectivity index (χ3n) is 3.75. The van der Waals surface area contributed by atoms with E-state index in [0.29, 0.717) is 22.5 Å². The van der Waals surface area contributed by atoms with E-state index in [1.807, 2.05) is 0 Å². The lowest BCUT2D eigenvalue weighted by atomic mass is 10.1. The molecular formula is C16H16N6O3S. The Morgan fingerprint density at radius 2 is 1.92 bits per heavy atom. The van der Waals surface area contributed by atoms with E-state index >= 15 is 0 Å². The molecule has 134 valence electrons.